The summed E-state index contributed by atoms with van der Waals surface area (Å²) in [5.41, 5.74) is 2.34. The Morgan fingerprint density at radius 2 is 2.00 bits per heavy atom. The first-order chi connectivity index (χ1) is 9.70. The van der Waals surface area contributed by atoms with Crippen LogP contribution in [0.15, 0.2) is 42.7 Å². The van der Waals surface area contributed by atoms with Gasteiger partial charge in [0.05, 0.1) is 6.20 Å². The van der Waals surface area contributed by atoms with Crippen LogP contribution < -0.4 is 10.1 Å². The molecule has 2 rings (SSSR count). The summed E-state index contributed by atoms with van der Waals surface area (Å²) < 4.78 is 6.00. The third-order valence-electron chi connectivity index (χ3n) is 3.12. The zero-order valence-corrected chi connectivity index (χ0v) is 12.4. The summed E-state index contributed by atoms with van der Waals surface area (Å²) in [5, 5.41) is 3.29. The number of para-hydroxylation sites is 1. The molecule has 1 heterocycles. The van der Waals surface area contributed by atoms with Crippen LogP contribution in [0.4, 0.5) is 0 Å². The molecule has 0 bridgehead atoms. The predicted octanol–water partition coefficient (Wildman–Crippen LogP) is 4.11. The number of aromatic nitrogens is 1. The Balaban J connectivity index is 2.17. The van der Waals surface area contributed by atoms with Gasteiger partial charge in [0, 0.05) is 12.7 Å². The highest BCUT2D eigenvalue weighted by Crippen LogP contribution is 2.30. The van der Waals surface area contributed by atoms with Gasteiger partial charge in [-0.25, -0.2) is 0 Å². The predicted molar refractivity (Wildman–Crippen MR) is 82.2 cm³/mol. The molecule has 0 saturated carbocycles. The molecular weight excluding hydrogens is 248 g/mol. The molecule has 3 nitrogen and oxygen atoms in total. The number of hydrogen-bond acceptors (Lipinski definition) is 3. The minimum atomic E-state index is 0.434. The van der Waals surface area contributed by atoms with Gasteiger partial charge in [0.2, 0.25) is 0 Å². The van der Waals surface area contributed by atoms with E-state index in [1.807, 2.05) is 30.5 Å². The van der Waals surface area contributed by atoms with Gasteiger partial charge >= 0.3 is 0 Å². The molecule has 0 saturated heterocycles. The van der Waals surface area contributed by atoms with Crippen molar-refractivity contribution in [3.8, 4) is 11.5 Å². The van der Waals surface area contributed by atoms with E-state index < -0.39 is 0 Å². The maximum Gasteiger partial charge on any atom is 0.146 e. The normalized spacial score (nSPS) is 10.8. The van der Waals surface area contributed by atoms with Crippen LogP contribution >= 0.6 is 0 Å². The summed E-state index contributed by atoms with van der Waals surface area (Å²) in [6.45, 7) is 8.19. The Kier molecular flexibility index (Phi) is 5.13. The second kappa shape index (κ2) is 7.06. The van der Waals surface area contributed by atoms with E-state index in [1.54, 1.807) is 6.20 Å². The number of rotatable bonds is 6. The Morgan fingerprint density at radius 3 is 2.75 bits per heavy atom. The third kappa shape index (κ3) is 3.81. The summed E-state index contributed by atoms with van der Waals surface area (Å²) >= 11 is 0. The number of ether oxygens (including phenoxy) is 1. The van der Waals surface area contributed by atoms with E-state index in [9.17, 15) is 0 Å². The third-order valence-corrected chi connectivity index (χ3v) is 3.12. The van der Waals surface area contributed by atoms with E-state index in [4.69, 9.17) is 4.74 Å². The molecule has 2 aromatic rings. The molecule has 0 aliphatic heterocycles. The molecule has 0 spiro atoms. The highest BCUT2D eigenvalue weighted by Gasteiger charge is 2.08. The smallest absolute Gasteiger partial charge is 0.146 e. The second-order valence-corrected chi connectivity index (χ2v) is 5.10. The van der Waals surface area contributed by atoms with Gasteiger partial charge in [-0.05, 0) is 35.7 Å². The summed E-state index contributed by atoms with van der Waals surface area (Å²) in [7, 11) is 0. The number of benzene rings is 1. The molecule has 0 radical (unpaired) electrons. The second-order valence-electron chi connectivity index (χ2n) is 5.10. The molecule has 106 valence electrons. The van der Waals surface area contributed by atoms with Gasteiger partial charge in [0.25, 0.3) is 0 Å². The first-order valence-corrected chi connectivity index (χ1v) is 7.12. The average molecular weight is 270 g/mol. The molecule has 0 fully saturated rings. The molecule has 1 aromatic carbocycles. The maximum absolute atomic E-state index is 6.00. The first-order valence-electron chi connectivity index (χ1n) is 7.12. The molecular formula is C17H22N2O. The lowest BCUT2D eigenvalue weighted by molar-refractivity contribution is 0.469. The van der Waals surface area contributed by atoms with E-state index in [0.717, 1.165) is 30.2 Å². The fraction of sp³-hybridized carbons (Fsp3) is 0.353. The van der Waals surface area contributed by atoms with Crippen LogP contribution in [0.1, 0.15) is 37.8 Å². The molecule has 0 aliphatic carbocycles. The van der Waals surface area contributed by atoms with E-state index in [0.29, 0.717) is 5.92 Å². The number of pyridine rings is 1. The van der Waals surface area contributed by atoms with Crippen LogP contribution in [0.3, 0.4) is 0 Å². The lowest BCUT2D eigenvalue weighted by atomic mass is 10.0. The van der Waals surface area contributed by atoms with Gasteiger partial charge < -0.3 is 10.1 Å². The Labute approximate surface area is 121 Å². The number of nitrogens with zero attached hydrogens (tertiary/aromatic N) is 1. The van der Waals surface area contributed by atoms with Crippen molar-refractivity contribution in [2.45, 2.75) is 33.2 Å². The molecule has 1 aromatic heterocycles. The van der Waals surface area contributed by atoms with Gasteiger partial charge in [-0.15, -0.1) is 0 Å². The van der Waals surface area contributed by atoms with Crippen molar-refractivity contribution < 1.29 is 4.74 Å². The highest BCUT2D eigenvalue weighted by molar-refractivity contribution is 5.39. The SMILES string of the molecule is CCNCc1cncc(Oc2ccccc2C(C)C)c1. The van der Waals surface area contributed by atoms with Crippen LogP contribution in [-0.4, -0.2) is 11.5 Å². The topological polar surface area (TPSA) is 34.2 Å². The summed E-state index contributed by atoms with van der Waals surface area (Å²) in [6, 6.07) is 10.2. The van der Waals surface area contributed by atoms with Crippen molar-refractivity contribution in [1.82, 2.24) is 10.3 Å². The molecule has 1 N–H and O–H groups in total. The zero-order chi connectivity index (χ0) is 14.4. The quantitative estimate of drug-likeness (QED) is 0.857. The van der Waals surface area contributed by atoms with Gasteiger partial charge in [-0.2, -0.15) is 0 Å². The van der Waals surface area contributed by atoms with Crippen molar-refractivity contribution in [3.63, 3.8) is 0 Å². The summed E-state index contributed by atoms with van der Waals surface area (Å²) in [4.78, 5) is 4.24. The fourth-order valence-corrected chi connectivity index (χ4v) is 2.06. The van der Waals surface area contributed by atoms with Crippen LogP contribution in [0, 0.1) is 0 Å². The number of nitrogens with one attached hydrogen (secondary N) is 1. The molecule has 0 aliphatic rings. The Morgan fingerprint density at radius 1 is 1.20 bits per heavy atom. The van der Waals surface area contributed by atoms with Crippen LogP contribution in [0.25, 0.3) is 0 Å². The molecule has 20 heavy (non-hydrogen) atoms. The first kappa shape index (κ1) is 14.5. The summed E-state index contributed by atoms with van der Waals surface area (Å²) in [6.07, 6.45) is 3.62. The van der Waals surface area contributed by atoms with Crippen molar-refractivity contribution >= 4 is 0 Å². The Bertz CT molecular complexity index is 552. The van der Waals surface area contributed by atoms with Crippen molar-refractivity contribution in [2.24, 2.45) is 0 Å². The molecule has 0 amide bonds. The van der Waals surface area contributed by atoms with Crippen LogP contribution in [-0.2, 0) is 6.54 Å². The fourth-order valence-electron chi connectivity index (χ4n) is 2.06. The van der Waals surface area contributed by atoms with E-state index in [2.05, 4.69) is 37.1 Å². The van der Waals surface area contributed by atoms with Crippen molar-refractivity contribution in [3.05, 3.63) is 53.9 Å². The molecule has 0 atom stereocenters. The standard InChI is InChI=1S/C17H22N2O/c1-4-18-10-14-9-15(12-19-11-14)20-17-8-6-5-7-16(17)13(2)3/h5-9,11-13,18H,4,10H2,1-3H3. The van der Waals surface area contributed by atoms with E-state index in [-0.39, 0.29) is 0 Å². The van der Waals surface area contributed by atoms with Crippen LogP contribution in [0.5, 0.6) is 11.5 Å². The molecule has 0 unspecified atom stereocenters. The Hall–Kier alpha value is -1.87. The monoisotopic (exact) mass is 270 g/mol. The minimum absolute atomic E-state index is 0.434. The average Bonchev–Trinajstić information content (AvgIpc) is 2.46. The maximum atomic E-state index is 6.00. The van der Waals surface area contributed by atoms with E-state index >= 15 is 0 Å². The highest BCUT2D eigenvalue weighted by atomic mass is 16.5. The van der Waals surface area contributed by atoms with Crippen molar-refractivity contribution in [2.75, 3.05) is 6.54 Å². The van der Waals surface area contributed by atoms with Crippen LogP contribution in [0.2, 0.25) is 0 Å². The minimum Gasteiger partial charge on any atom is -0.455 e. The van der Waals surface area contributed by atoms with Gasteiger partial charge in [-0.1, -0.05) is 39.0 Å². The molecule has 3 heteroatoms. The summed E-state index contributed by atoms with van der Waals surface area (Å²) in [5.74, 6) is 2.13. The van der Waals surface area contributed by atoms with E-state index in [1.165, 1.54) is 5.56 Å². The lowest BCUT2D eigenvalue weighted by Gasteiger charge is -2.13. The lowest BCUT2D eigenvalue weighted by Crippen LogP contribution is -2.11. The van der Waals surface area contributed by atoms with Crippen molar-refractivity contribution in [1.29, 1.82) is 0 Å². The zero-order valence-electron chi connectivity index (χ0n) is 12.4. The number of hydrogen-bond donors (Lipinski definition) is 1. The van der Waals surface area contributed by atoms with Gasteiger partial charge in [-0.3, -0.25) is 4.98 Å². The largest absolute Gasteiger partial charge is 0.455 e. The van der Waals surface area contributed by atoms with Gasteiger partial charge in [0.15, 0.2) is 0 Å². The van der Waals surface area contributed by atoms with Gasteiger partial charge in [0.1, 0.15) is 11.5 Å².